The second-order valence-electron chi connectivity index (χ2n) is 6.62. The summed E-state index contributed by atoms with van der Waals surface area (Å²) in [5.74, 6) is 0.430. The molecule has 1 fully saturated rings. The molecule has 0 saturated carbocycles. The lowest BCUT2D eigenvalue weighted by Crippen LogP contribution is -2.47. The van der Waals surface area contributed by atoms with Gasteiger partial charge >= 0.3 is 0 Å². The molecule has 3 rings (SSSR count). The van der Waals surface area contributed by atoms with Gasteiger partial charge in [-0.15, -0.1) is 0 Å². The number of methoxy groups -OCH3 is 1. The fourth-order valence-corrected chi connectivity index (χ4v) is 3.29. The fourth-order valence-electron chi connectivity index (χ4n) is 3.29. The highest BCUT2D eigenvalue weighted by atomic mass is 19.1. The molecule has 0 atom stereocenters. The second kappa shape index (κ2) is 9.37. The number of rotatable bonds is 7. The molecule has 1 aliphatic rings. The molecule has 0 aliphatic carbocycles. The number of carbonyl (C=O) groups is 1. The van der Waals surface area contributed by atoms with E-state index in [2.05, 4.69) is 15.1 Å². The number of amides is 1. The van der Waals surface area contributed by atoms with Crippen LogP contribution in [-0.2, 0) is 0 Å². The highest BCUT2D eigenvalue weighted by Gasteiger charge is 2.18. The maximum absolute atomic E-state index is 13.9. The molecule has 27 heavy (non-hydrogen) atoms. The highest BCUT2D eigenvalue weighted by molar-refractivity contribution is 5.94. The number of carbonyl (C=O) groups excluding carboxylic acids is 1. The van der Waals surface area contributed by atoms with Crippen molar-refractivity contribution in [3.63, 3.8) is 0 Å². The van der Waals surface area contributed by atoms with Crippen molar-refractivity contribution < 1.29 is 13.9 Å². The summed E-state index contributed by atoms with van der Waals surface area (Å²) < 4.78 is 19.0. The van der Waals surface area contributed by atoms with Crippen molar-refractivity contribution in [1.82, 2.24) is 10.2 Å². The van der Waals surface area contributed by atoms with Crippen molar-refractivity contribution in [3.8, 4) is 5.75 Å². The minimum atomic E-state index is -0.161. The van der Waals surface area contributed by atoms with Crippen molar-refractivity contribution in [2.75, 3.05) is 51.3 Å². The lowest BCUT2D eigenvalue weighted by Gasteiger charge is -2.36. The lowest BCUT2D eigenvalue weighted by atomic mass is 10.2. The van der Waals surface area contributed by atoms with Crippen LogP contribution in [0.5, 0.6) is 5.75 Å². The number of ether oxygens (including phenoxy) is 1. The molecule has 0 bridgehead atoms. The summed E-state index contributed by atoms with van der Waals surface area (Å²) >= 11 is 0. The van der Waals surface area contributed by atoms with E-state index in [0.717, 1.165) is 39.1 Å². The van der Waals surface area contributed by atoms with Crippen LogP contribution in [0, 0.1) is 5.82 Å². The third kappa shape index (κ3) is 5.20. The number of nitrogens with zero attached hydrogens (tertiary/aromatic N) is 2. The second-order valence-corrected chi connectivity index (χ2v) is 6.62. The summed E-state index contributed by atoms with van der Waals surface area (Å²) in [6, 6.07) is 14.1. The van der Waals surface area contributed by atoms with Gasteiger partial charge < -0.3 is 15.0 Å². The van der Waals surface area contributed by atoms with Gasteiger partial charge in [-0.25, -0.2) is 4.39 Å². The largest absolute Gasteiger partial charge is 0.497 e. The van der Waals surface area contributed by atoms with Gasteiger partial charge in [-0.2, -0.15) is 0 Å². The number of halogens is 1. The number of benzene rings is 2. The van der Waals surface area contributed by atoms with Gasteiger partial charge in [0.15, 0.2) is 0 Å². The first-order valence-electron chi connectivity index (χ1n) is 9.31. The normalized spacial score (nSPS) is 14.8. The molecule has 0 radical (unpaired) electrons. The average Bonchev–Trinajstić information content (AvgIpc) is 2.72. The fraction of sp³-hybridized carbons (Fsp3) is 0.381. The Bertz CT molecular complexity index is 761. The number of hydrogen-bond donors (Lipinski definition) is 1. The Morgan fingerprint density at radius 2 is 1.89 bits per heavy atom. The SMILES string of the molecule is COc1cccc(C(=O)NCCCN2CCN(c3ccccc3F)CC2)c1. The topological polar surface area (TPSA) is 44.8 Å². The van der Waals surface area contributed by atoms with Crippen molar-refractivity contribution in [2.24, 2.45) is 0 Å². The van der Waals surface area contributed by atoms with Gasteiger partial charge in [0.1, 0.15) is 11.6 Å². The molecule has 144 valence electrons. The Morgan fingerprint density at radius 1 is 1.11 bits per heavy atom. The van der Waals surface area contributed by atoms with Crippen LogP contribution >= 0.6 is 0 Å². The molecule has 0 spiro atoms. The van der Waals surface area contributed by atoms with Crippen LogP contribution in [-0.4, -0.2) is 57.2 Å². The maximum atomic E-state index is 13.9. The van der Waals surface area contributed by atoms with E-state index in [1.807, 2.05) is 24.3 Å². The van der Waals surface area contributed by atoms with Crippen LogP contribution in [0.4, 0.5) is 10.1 Å². The lowest BCUT2D eigenvalue weighted by molar-refractivity contribution is 0.0951. The Hall–Kier alpha value is -2.60. The average molecular weight is 371 g/mol. The minimum Gasteiger partial charge on any atom is -0.497 e. The van der Waals surface area contributed by atoms with Gasteiger partial charge in [-0.05, 0) is 43.3 Å². The summed E-state index contributed by atoms with van der Waals surface area (Å²) in [6.45, 7) is 4.98. The minimum absolute atomic E-state index is 0.0849. The van der Waals surface area contributed by atoms with Crippen LogP contribution in [0.2, 0.25) is 0 Å². The maximum Gasteiger partial charge on any atom is 0.251 e. The third-order valence-electron chi connectivity index (χ3n) is 4.83. The van der Waals surface area contributed by atoms with Crippen LogP contribution in [0.3, 0.4) is 0 Å². The van der Waals surface area contributed by atoms with Crippen molar-refractivity contribution in [2.45, 2.75) is 6.42 Å². The van der Waals surface area contributed by atoms with E-state index >= 15 is 0 Å². The monoisotopic (exact) mass is 371 g/mol. The Labute approximate surface area is 159 Å². The zero-order chi connectivity index (χ0) is 19.1. The number of hydrogen-bond acceptors (Lipinski definition) is 4. The summed E-state index contributed by atoms with van der Waals surface area (Å²) in [5.41, 5.74) is 1.29. The Morgan fingerprint density at radius 3 is 2.63 bits per heavy atom. The van der Waals surface area contributed by atoms with Gasteiger partial charge in [-0.1, -0.05) is 18.2 Å². The molecule has 2 aromatic carbocycles. The quantitative estimate of drug-likeness (QED) is 0.761. The molecule has 1 amide bonds. The first-order chi connectivity index (χ1) is 13.2. The van der Waals surface area contributed by atoms with Crippen molar-refractivity contribution in [1.29, 1.82) is 0 Å². The molecule has 0 aromatic heterocycles. The van der Waals surface area contributed by atoms with Gasteiger partial charge in [0.25, 0.3) is 5.91 Å². The molecular weight excluding hydrogens is 345 g/mol. The number of anilines is 1. The molecular formula is C21H26FN3O2. The Kier molecular flexibility index (Phi) is 6.65. The van der Waals surface area contributed by atoms with Gasteiger partial charge in [0, 0.05) is 38.3 Å². The van der Waals surface area contributed by atoms with Crippen LogP contribution in [0.25, 0.3) is 0 Å². The van der Waals surface area contributed by atoms with Crippen LogP contribution in [0.15, 0.2) is 48.5 Å². The summed E-state index contributed by atoms with van der Waals surface area (Å²) in [5, 5.41) is 2.95. The highest BCUT2D eigenvalue weighted by Crippen LogP contribution is 2.20. The summed E-state index contributed by atoms with van der Waals surface area (Å²) in [7, 11) is 1.59. The zero-order valence-corrected chi connectivity index (χ0v) is 15.7. The van der Waals surface area contributed by atoms with Gasteiger partial charge in [0.05, 0.1) is 12.8 Å². The van der Waals surface area contributed by atoms with Crippen LogP contribution < -0.4 is 15.0 Å². The van der Waals surface area contributed by atoms with E-state index in [1.165, 1.54) is 6.07 Å². The van der Waals surface area contributed by atoms with Gasteiger partial charge in [0.2, 0.25) is 0 Å². The van der Waals surface area contributed by atoms with Crippen molar-refractivity contribution >= 4 is 11.6 Å². The van der Waals surface area contributed by atoms with Crippen LogP contribution in [0.1, 0.15) is 16.8 Å². The molecule has 6 heteroatoms. The standard InChI is InChI=1S/C21H26FN3O2/c1-27-18-7-4-6-17(16-18)21(26)23-10-5-11-24-12-14-25(15-13-24)20-9-3-2-8-19(20)22/h2-4,6-9,16H,5,10-15H2,1H3,(H,23,26). The zero-order valence-electron chi connectivity index (χ0n) is 15.7. The Balaban J connectivity index is 1.37. The van der Waals surface area contributed by atoms with Crippen molar-refractivity contribution in [3.05, 3.63) is 59.9 Å². The first-order valence-corrected chi connectivity index (χ1v) is 9.31. The van der Waals surface area contributed by atoms with E-state index in [-0.39, 0.29) is 11.7 Å². The van der Waals surface area contributed by atoms with E-state index in [9.17, 15) is 9.18 Å². The summed E-state index contributed by atoms with van der Waals surface area (Å²) in [6.07, 6.45) is 0.884. The molecule has 2 aromatic rings. The van der Waals surface area contributed by atoms with Gasteiger partial charge in [-0.3, -0.25) is 9.69 Å². The number of para-hydroxylation sites is 1. The molecule has 0 unspecified atom stereocenters. The van der Waals surface area contributed by atoms with E-state index in [4.69, 9.17) is 4.74 Å². The van der Waals surface area contributed by atoms with E-state index in [1.54, 1.807) is 25.3 Å². The number of piperazine rings is 1. The smallest absolute Gasteiger partial charge is 0.251 e. The number of nitrogens with one attached hydrogen (secondary N) is 1. The predicted octanol–water partition coefficient (Wildman–Crippen LogP) is 2.78. The molecule has 5 nitrogen and oxygen atoms in total. The first kappa shape index (κ1) is 19.2. The third-order valence-corrected chi connectivity index (χ3v) is 4.83. The molecule has 1 N–H and O–H groups in total. The molecule has 1 saturated heterocycles. The molecule has 1 aliphatic heterocycles. The van der Waals surface area contributed by atoms with E-state index < -0.39 is 0 Å². The van der Waals surface area contributed by atoms with E-state index in [0.29, 0.717) is 23.5 Å². The molecule has 1 heterocycles. The predicted molar refractivity (Wildman–Crippen MR) is 105 cm³/mol. The summed E-state index contributed by atoms with van der Waals surface area (Å²) in [4.78, 5) is 16.6.